The van der Waals surface area contributed by atoms with Crippen LogP contribution < -0.4 is 15.1 Å². The second-order valence-electron chi connectivity index (χ2n) is 7.05. The van der Waals surface area contributed by atoms with Crippen LogP contribution in [0, 0.1) is 13.8 Å². The summed E-state index contributed by atoms with van der Waals surface area (Å²) in [5.41, 5.74) is 1.57. The Bertz CT molecular complexity index is 778. The molecule has 2 aromatic heterocycles. The Labute approximate surface area is 159 Å². The van der Waals surface area contributed by atoms with E-state index in [0.29, 0.717) is 23.5 Å². The van der Waals surface area contributed by atoms with Gasteiger partial charge in [-0.3, -0.25) is 4.79 Å². The summed E-state index contributed by atoms with van der Waals surface area (Å²) in [7, 11) is 3.80. The van der Waals surface area contributed by atoms with Crippen LogP contribution in [0.4, 0.5) is 11.9 Å². The first kappa shape index (κ1) is 19.1. The van der Waals surface area contributed by atoms with Gasteiger partial charge in [-0.15, -0.1) is 0 Å². The first-order valence-corrected chi connectivity index (χ1v) is 9.29. The van der Waals surface area contributed by atoms with Crippen molar-refractivity contribution in [2.45, 2.75) is 46.1 Å². The molecule has 0 spiro atoms. The molecule has 1 N–H and O–H groups in total. The molecule has 0 unspecified atom stereocenters. The highest BCUT2D eigenvalue weighted by molar-refractivity contribution is 5.78. The molecule has 1 saturated heterocycles. The number of hydrogen-bond donors (Lipinski definition) is 1. The van der Waals surface area contributed by atoms with Gasteiger partial charge in [0.15, 0.2) is 5.82 Å². The first-order chi connectivity index (χ1) is 12.9. The summed E-state index contributed by atoms with van der Waals surface area (Å²) in [4.78, 5) is 30.0. The van der Waals surface area contributed by atoms with Crippen LogP contribution >= 0.6 is 0 Å². The molecule has 27 heavy (non-hydrogen) atoms. The van der Waals surface area contributed by atoms with E-state index in [0.717, 1.165) is 37.2 Å². The molecule has 0 saturated carbocycles. The minimum absolute atomic E-state index is 0.115. The summed E-state index contributed by atoms with van der Waals surface area (Å²) >= 11 is 0. The van der Waals surface area contributed by atoms with E-state index in [-0.39, 0.29) is 18.9 Å². The van der Waals surface area contributed by atoms with Gasteiger partial charge in [-0.2, -0.15) is 15.0 Å². The number of amides is 1. The normalized spacial score (nSPS) is 14.3. The monoisotopic (exact) mass is 373 g/mol. The second kappa shape index (κ2) is 8.32. The second-order valence-corrected chi connectivity index (χ2v) is 7.05. The van der Waals surface area contributed by atoms with Crippen LogP contribution in [-0.2, 0) is 17.8 Å². The Morgan fingerprint density at radius 3 is 2.52 bits per heavy atom. The van der Waals surface area contributed by atoms with Gasteiger partial charge >= 0.3 is 0 Å². The molecule has 3 rings (SSSR count). The fraction of sp³-hybridized carbons (Fsp3) is 0.611. The SMILES string of the molecule is Cc1noc(C)c1CC(=O)NCc1nc(N(C)C)nc(N2CCCCC2)n1. The lowest BCUT2D eigenvalue weighted by molar-refractivity contribution is -0.120. The van der Waals surface area contributed by atoms with E-state index in [1.807, 2.05) is 32.8 Å². The molecule has 0 atom stereocenters. The summed E-state index contributed by atoms with van der Waals surface area (Å²) in [5, 5.41) is 6.77. The first-order valence-electron chi connectivity index (χ1n) is 9.29. The van der Waals surface area contributed by atoms with Crippen molar-refractivity contribution in [1.82, 2.24) is 25.4 Å². The van der Waals surface area contributed by atoms with Crippen molar-refractivity contribution in [2.75, 3.05) is 37.0 Å². The van der Waals surface area contributed by atoms with Crippen molar-refractivity contribution in [3.63, 3.8) is 0 Å². The van der Waals surface area contributed by atoms with Gasteiger partial charge in [-0.05, 0) is 33.1 Å². The van der Waals surface area contributed by atoms with Crippen LogP contribution in [0.3, 0.4) is 0 Å². The van der Waals surface area contributed by atoms with Gasteiger partial charge < -0.3 is 19.6 Å². The fourth-order valence-corrected chi connectivity index (χ4v) is 3.06. The number of rotatable bonds is 6. The molecule has 1 aliphatic rings. The van der Waals surface area contributed by atoms with Crippen molar-refractivity contribution in [1.29, 1.82) is 0 Å². The van der Waals surface area contributed by atoms with E-state index >= 15 is 0 Å². The maximum Gasteiger partial charge on any atom is 0.230 e. The number of anilines is 2. The van der Waals surface area contributed by atoms with E-state index in [4.69, 9.17) is 4.52 Å². The molecule has 0 aromatic carbocycles. The lowest BCUT2D eigenvalue weighted by Gasteiger charge is -2.27. The third-order valence-electron chi connectivity index (χ3n) is 4.66. The minimum Gasteiger partial charge on any atom is -0.361 e. The van der Waals surface area contributed by atoms with Gasteiger partial charge in [0.25, 0.3) is 0 Å². The molecule has 0 aliphatic carbocycles. The van der Waals surface area contributed by atoms with Gasteiger partial charge in [-0.25, -0.2) is 0 Å². The van der Waals surface area contributed by atoms with Crippen LogP contribution in [0.15, 0.2) is 4.52 Å². The predicted molar refractivity (Wildman–Crippen MR) is 102 cm³/mol. The molecule has 3 heterocycles. The van der Waals surface area contributed by atoms with Crippen molar-refractivity contribution in [3.05, 3.63) is 22.8 Å². The summed E-state index contributed by atoms with van der Waals surface area (Å²) in [5.74, 6) is 2.39. The number of aryl methyl sites for hydroxylation is 2. The molecule has 2 aromatic rings. The number of carbonyl (C=O) groups excluding carboxylic acids is 1. The van der Waals surface area contributed by atoms with Crippen LogP contribution in [0.25, 0.3) is 0 Å². The summed E-state index contributed by atoms with van der Waals surface area (Å²) in [6.07, 6.45) is 3.76. The molecule has 9 nitrogen and oxygen atoms in total. The van der Waals surface area contributed by atoms with E-state index < -0.39 is 0 Å². The lowest BCUT2D eigenvalue weighted by Crippen LogP contribution is -2.33. The zero-order chi connectivity index (χ0) is 19.4. The molecule has 146 valence electrons. The van der Waals surface area contributed by atoms with Crippen LogP contribution in [0.5, 0.6) is 0 Å². The summed E-state index contributed by atoms with van der Waals surface area (Å²) in [6, 6.07) is 0. The number of carbonyl (C=O) groups is 1. The Morgan fingerprint density at radius 1 is 1.15 bits per heavy atom. The molecule has 1 amide bonds. The number of nitrogens with zero attached hydrogens (tertiary/aromatic N) is 6. The fourth-order valence-electron chi connectivity index (χ4n) is 3.06. The predicted octanol–water partition coefficient (Wildman–Crippen LogP) is 1.39. The smallest absolute Gasteiger partial charge is 0.230 e. The maximum atomic E-state index is 12.3. The Kier molecular flexibility index (Phi) is 5.88. The quantitative estimate of drug-likeness (QED) is 0.811. The molecular weight excluding hydrogens is 346 g/mol. The molecule has 1 aliphatic heterocycles. The van der Waals surface area contributed by atoms with Crippen LogP contribution in [-0.4, -0.2) is 53.2 Å². The van der Waals surface area contributed by atoms with Crippen molar-refractivity contribution in [3.8, 4) is 0 Å². The third kappa shape index (κ3) is 4.72. The van der Waals surface area contributed by atoms with Crippen molar-refractivity contribution in [2.24, 2.45) is 0 Å². The number of piperidine rings is 1. The topological polar surface area (TPSA) is 100 Å². The average Bonchev–Trinajstić information content (AvgIpc) is 2.99. The lowest BCUT2D eigenvalue weighted by atomic mass is 10.1. The van der Waals surface area contributed by atoms with Gasteiger partial charge in [0.1, 0.15) is 5.76 Å². The molecule has 9 heteroatoms. The van der Waals surface area contributed by atoms with Crippen molar-refractivity contribution >= 4 is 17.8 Å². The zero-order valence-corrected chi connectivity index (χ0v) is 16.4. The summed E-state index contributed by atoms with van der Waals surface area (Å²) in [6.45, 7) is 5.80. The highest BCUT2D eigenvalue weighted by Gasteiger charge is 2.18. The molecule has 1 fully saturated rings. The molecular formula is C18H27N7O2. The standard InChI is InChI=1S/C18H27N7O2/c1-12-14(13(2)27-23-12)10-16(26)19-11-15-20-17(24(3)4)22-18(21-15)25-8-6-5-7-9-25/h5-11H2,1-4H3,(H,19,26). The minimum atomic E-state index is -0.115. The van der Waals surface area contributed by atoms with Gasteiger partial charge in [-0.1, -0.05) is 5.16 Å². The Hall–Kier alpha value is -2.71. The maximum absolute atomic E-state index is 12.3. The Morgan fingerprint density at radius 2 is 1.89 bits per heavy atom. The number of nitrogens with one attached hydrogen (secondary N) is 1. The van der Waals surface area contributed by atoms with Gasteiger partial charge in [0.05, 0.1) is 18.7 Å². The van der Waals surface area contributed by atoms with E-state index in [1.54, 1.807) is 0 Å². The van der Waals surface area contributed by atoms with Crippen LogP contribution in [0.2, 0.25) is 0 Å². The molecule has 0 radical (unpaired) electrons. The zero-order valence-electron chi connectivity index (χ0n) is 16.4. The average molecular weight is 373 g/mol. The number of hydrogen-bond acceptors (Lipinski definition) is 8. The molecule has 0 bridgehead atoms. The van der Waals surface area contributed by atoms with E-state index in [9.17, 15) is 4.79 Å². The third-order valence-corrected chi connectivity index (χ3v) is 4.66. The largest absolute Gasteiger partial charge is 0.361 e. The highest BCUT2D eigenvalue weighted by atomic mass is 16.5. The highest BCUT2D eigenvalue weighted by Crippen LogP contribution is 2.18. The van der Waals surface area contributed by atoms with Gasteiger partial charge in [0, 0.05) is 32.7 Å². The van der Waals surface area contributed by atoms with E-state index in [1.165, 1.54) is 6.42 Å². The van der Waals surface area contributed by atoms with E-state index in [2.05, 4.69) is 30.3 Å². The van der Waals surface area contributed by atoms with Gasteiger partial charge in [0.2, 0.25) is 17.8 Å². The van der Waals surface area contributed by atoms with Crippen molar-refractivity contribution < 1.29 is 9.32 Å². The summed E-state index contributed by atoms with van der Waals surface area (Å²) < 4.78 is 5.11. The van der Waals surface area contributed by atoms with Crippen LogP contribution in [0.1, 0.15) is 42.1 Å². The Balaban J connectivity index is 1.69. The number of aromatic nitrogens is 4.